The van der Waals surface area contributed by atoms with Crippen LogP contribution in [0.15, 0.2) is 479 Å². The summed E-state index contributed by atoms with van der Waals surface area (Å²) in [5.74, 6) is 2.53. The van der Waals surface area contributed by atoms with Gasteiger partial charge in [-0.2, -0.15) is 0 Å². The van der Waals surface area contributed by atoms with Crippen LogP contribution < -0.4 is 0 Å². The Morgan fingerprint density at radius 3 is 0.838 bits per heavy atom. The van der Waals surface area contributed by atoms with Crippen molar-refractivity contribution in [1.82, 2.24) is 44.0 Å². The predicted octanol–water partition coefficient (Wildman–Crippen LogP) is 33.4. The van der Waals surface area contributed by atoms with Gasteiger partial charge in [0.2, 0.25) is 0 Å². The molecule has 0 spiro atoms. The molecule has 0 aliphatic heterocycles. The average molecular weight is 1770 g/mol. The predicted molar refractivity (Wildman–Crippen MR) is 568 cm³/mol. The van der Waals surface area contributed by atoms with Crippen LogP contribution in [-0.2, 0) is 0 Å². The maximum atomic E-state index is 5.46. The van der Waals surface area contributed by atoms with Crippen LogP contribution in [0.4, 0.5) is 0 Å². The molecule has 136 heavy (non-hydrogen) atoms. The lowest BCUT2D eigenvalue weighted by Crippen LogP contribution is -2.01. The summed E-state index contributed by atoms with van der Waals surface area (Å²) in [5.41, 5.74) is 32.0. The number of pyridine rings is 2. The first-order valence-electron chi connectivity index (χ1n) is 45.7. The standard InChI is InChI=1S/C63H40N4S.C62H39N5S/c1-5-18-43(19-6-1)58-59-60(44-20-7-2-8-21-44)64-53-37-36-47(39-52(53)62(59)68-61(58)45-22-9-3-10-23-45)41-32-34-42(35-33-41)54-40-55(66-63(65-54)46-24-11-4-12-25-46)48-26-17-27-49(38-48)67-56-30-15-13-28-50(56)51-29-14-16-31-57(51)67;1-5-18-41(19-6-1)55-56-57(42-20-7-2-8-21-42)63-52-37-36-46(39-51(52)59(56)68-58(55)43-22-9-3-10-23-43)40-32-34-45(35-33-40)61-64-60(44-24-11-4-12-25-44)65-62(66-61)47-26-17-27-48(38-47)67-53-30-15-13-28-49(53)50-29-14-16-31-54(50)67/h1-40H;1-39H. The van der Waals surface area contributed by atoms with E-state index in [1.807, 2.05) is 71.2 Å². The first-order valence-corrected chi connectivity index (χ1v) is 47.4. The molecule has 0 radical (unpaired) electrons. The molecule has 0 bridgehead atoms. The second-order valence-corrected chi connectivity index (χ2v) is 36.1. The monoisotopic (exact) mass is 1770 g/mol. The largest absolute Gasteiger partial charge is 0.309 e. The number of rotatable bonds is 16. The van der Waals surface area contributed by atoms with Gasteiger partial charge in [-0.25, -0.2) is 34.9 Å². The summed E-state index contributed by atoms with van der Waals surface area (Å²) in [6, 6.07) is 169. The van der Waals surface area contributed by atoms with E-state index in [4.69, 9.17) is 34.9 Å². The van der Waals surface area contributed by atoms with Crippen LogP contribution in [-0.4, -0.2) is 44.0 Å². The summed E-state index contributed by atoms with van der Waals surface area (Å²) >= 11 is 3.71. The van der Waals surface area contributed by atoms with Crippen LogP contribution in [0.3, 0.4) is 0 Å². The van der Waals surface area contributed by atoms with E-state index in [1.54, 1.807) is 0 Å². The van der Waals surface area contributed by atoms with Crippen LogP contribution in [0.25, 0.3) is 253 Å². The molecule has 636 valence electrons. The van der Waals surface area contributed by atoms with Crippen LogP contribution >= 0.6 is 22.7 Å². The van der Waals surface area contributed by atoms with Gasteiger partial charge in [0.05, 0.1) is 55.9 Å². The van der Waals surface area contributed by atoms with Crippen LogP contribution in [0.2, 0.25) is 0 Å². The minimum absolute atomic E-state index is 0.612. The number of aromatic nitrogens is 9. The number of thiophene rings is 2. The highest BCUT2D eigenvalue weighted by molar-refractivity contribution is 7.24. The smallest absolute Gasteiger partial charge is 0.164 e. The van der Waals surface area contributed by atoms with E-state index in [0.29, 0.717) is 23.3 Å². The van der Waals surface area contributed by atoms with Gasteiger partial charge in [0, 0.05) is 129 Å². The summed E-state index contributed by atoms with van der Waals surface area (Å²) < 4.78 is 7.13. The van der Waals surface area contributed by atoms with Crippen molar-refractivity contribution in [3.05, 3.63) is 479 Å². The molecule has 0 fully saturated rings. The van der Waals surface area contributed by atoms with E-state index >= 15 is 0 Å². The van der Waals surface area contributed by atoms with Gasteiger partial charge in [0.1, 0.15) is 0 Å². The molecule has 0 atom stereocenters. The second kappa shape index (κ2) is 34.6. The minimum Gasteiger partial charge on any atom is -0.309 e. The molecule has 0 saturated heterocycles. The molecular weight excluding hydrogens is 1690 g/mol. The third-order valence-electron chi connectivity index (χ3n) is 25.9. The number of hydrogen-bond acceptors (Lipinski definition) is 9. The van der Waals surface area contributed by atoms with Crippen molar-refractivity contribution < 1.29 is 0 Å². The topological polar surface area (TPSA) is 100 Å². The molecule has 0 aliphatic carbocycles. The first-order chi connectivity index (χ1) is 67.4. The highest BCUT2D eigenvalue weighted by Gasteiger charge is 2.28. The summed E-state index contributed by atoms with van der Waals surface area (Å²) in [6.45, 7) is 0. The van der Waals surface area contributed by atoms with E-state index in [-0.39, 0.29) is 0 Å². The van der Waals surface area contributed by atoms with Gasteiger partial charge in [-0.3, -0.25) is 0 Å². The zero-order valence-electron chi connectivity index (χ0n) is 73.5. The summed E-state index contributed by atoms with van der Waals surface area (Å²) in [4.78, 5) is 39.2. The van der Waals surface area contributed by atoms with Crippen molar-refractivity contribution in [1.29, 1.82) is 0 Å². The first kappa shape index (κ1) is 80.5. The van der Waals surface area contributed by atoms with E-state index in [2.05, 4.69) is 440 Å². The average Bonchev–Trinajstić information content (AvgIpc) is 1.56. The van der Waals surface area contributed by atoms with Crippen molar-refractivity contribution in [2.24, 2.45) is 0 Å². The van der Waals surface area contributed by atoms with Crippen LogP contribution in [0.1, 0.15) is 0 Å². The molecule has 0 N–H and O–H groups in total. The summed E-state index contributed by atoms with van der Waals surface area (Å²) in [6.07, 6.45) is 0. The Hall–Kier alpha value is -17.6. The lowest BCUT2D eigenvalue weighted by atomic mass is 9.94. The number of benzene rings is 18. The van der Waals surface area contributed by atoms with Crippen molar-refractivity contribution in [3.8, 4) is 167 Å². The molecule has 0 amide bonds. The lowest BCUT2D eigenvalue weighted by molar-refractivity contribution is 1.07. The molecule has 26 rings (SSSR count). The Morgan fingerprint density at radius 2 is 0.449 bits per heavy atom. The highest BCUT2D eigenvalue weighted by atomic mass is 32.1. The zero-order chi connectivity index (χ0) is 89.9. The number of fused-ring (bicyclic) bond motifs is 12. The minimum atomic E-state index is 0.612. The van der Waals surface area contributed by atoms with Crippen molar-refractivity contribution in [2.45, 2.75) is 0 Å². The molecule has 0 aliphatic rings. The second-order valence-electron chi connectivity index (χ2n) is 34.1. The van der Waals surface area contributed by atoms with Crippen molar-refractivity contribution in [3.63, 3.8) is 0 Å². The lowest BCUT2D eigenvalue weighted by Gasteiger charge is -2.13. The fourth-order valence-corrected chi connectivity index (χ4v) is 22.1. The fraction of sp³-hybridized carbons (Fsp3) is 0. The number of para-hydroxylation sites is 4. The van der Waals surface area contributed by atoms with Gasteiger partial charge < -0.3 is 9.13 Å². The summed E-state index contributed by atoms with van der Waals surface area (Å²) in [5, 5.41) is 9.53. The van der Waals surface area contributed by atoms with Gasteiger partial charge in [-0.15, -0.1) is 22.7 Å². The van der Waals surface area contributed by atoms with Crippen LogP contribution in [0, 0.1) is 0 Å². The molecule has 9 nitrogen and oxygen atoms in total. The molecule has 0 unspecified atom stereocenters. The Balaban J connectivity index is 0.000000145. The van der Waals surface area contributed by atoms with E-state index in [0.717, 1.165) is 134 Å². The van der Waals surface area contributed by atoms with Gasteiger partial charge in [0.25, 0.3) is 0 Å². The SMILES string of the molecule is c1ccc(-c2nc(-c3ccc(-c4ccc5nc(-c6ccccc6)c6c(-c7ccccc7)c(-c7ccccc7)sc6c5c4)cc3)cc(-c3cccc(-n4c5ccccc5c5ccccc54)c3)n2)cc1.c1ccc(-c2nc(-c3ccc(-c4ccc5nc(-c6ccccc6)c6c(-c7ccccc7)c(-c7ccccc7)sc6c5c4)cc3)nc(-c3cccc(-n4c5ccccc5c5ccccc54)c3)n2)cc1. The maximum absolute atomic E-state index is 5.46. The van der Waals surface area contributed by atoms with Gasteiger partial charge >= 0.3 is 0 Å². The maximum Gasteiger partial charge on any atom is 0.164 e. The van der Waals surface area contributed by atoms with Gasteiger partial charge in [0.15, 0.2) is 23.3 Å². The molecule has 0 saturated carbocycles. The fourth-order valence-electron chi connectivity index (χ4n) is 19.4. The van der Waals surface area contributed by atoms with E-state index < -0.39 is 0 Å². The molecule has 26 aromatic rings. The molecule has 8 aromatic heterocycles. The number of hydrogen-bond donors (Lipinski definition) is 0. The Bertz CT molecular complexity index is 8410. The Labute approximate surface area is 793 Å². The molecule has 18 aromatic carbocycles. The Kier molecular flexibility index (Phi) is 20.5. The summed E-state index contributed by atoms with van der Waals surface area (Å²) in [7, 11) is 0. The van der Waals surface area contributed by atoms with E-state index in [1.165, 1.54) is 95.9 Å². The quantitative estimate of drug-likeness (QED) is 0.0950. The Morgan fingerprint density at radius 1 is 0.169 bits per heavy atom. The third kappa shape index (κ3) is 14.7. The molecule has 8 heterocycles. The number of nitrogens with zero attached hydrogens (tertiary/aromatic N) is 9. The molecule has 11 heteroatoms. The van der Waals surface area contributed by atoms with E-state index in [9.17, 15) is 0 Å². The van der Waals surface area contributed by atoms with Gasteiger partial charge in [-0.05, 0) is 123 Å². The normalized spacial score (nSPS) is 11.5. The van der Waals surface area contributed by atoms with Crippen molar-refractivity contribution >= 4 is 108 Å². The van der Waals surface area contributed by atoms with Gasteiger partial charge in [-0.1, -0.05) is 400 Å². The third-order valence-corrected chi connectivity index (χ3v) is 28.4. The van der Waals surface area contributed by atoms with Crippen LogP contribution in [0.5, 0.6) is 0 Å². The molecular formula is C125H79N9S2. The van der Waals surface area contributed by atoms with Crippen molar-refractivity contribution in [2.75, 3.05) is 0 Å². The highest BCUT2D eigenvalue weighted by Crippen LogP contribution is 2.53. The zero-order valence-corrected chi connectivity index (χ0v) is 75.1.